The van der Waals surface area contributed by atoms with E-state index in [9.17, 15) is 18.4 Å². The van der Waals surface area contributed by atoms with Crippen molar-refractivity contribution in [3.05, 3.63) is 71.3 Å². The molecule has 2 aliphatic heterocycles. The Kier molecular flexibility index (Phi) is 6.18. The van der Waals surface area contributed by atoms with Gasteiger partial charge >= 0.3 is 6.09 Å². The first-order chi connectivity index (χ1) is 15.6. The van der Waals surface area contributed by atoms with Crippen molar-refractivity contribution in [3.8, 4) is 0 Å². The fraction of sp³-hybridized carbons (Fsp3) is 0.375. The SMILES string of the molecule is CC(C)(C)OC(=O)N1C[C@H]2CSC(NC(=O)c3ccccc3)=N[C@@]2(c2cc(F)ccc2F)C1. The molecular formula is C24H25F2N3O3S. The fourth-order valence-corrected chi connectivity index (χ4v) is 5.23. The van der Waals surface area contributed by atoms with Gasteiger partial charge in [0.1, 0.15) is 22.8 Å². The molecule has 2 aromatic rings. The minimum atomic E-state index is -1.24. The minimum absolute atomic E-state index is 0.0121. The second kappa shape index (κ2) is 8.78. The summed E-state index contributed by atoms with van der Waals surface area (Å²) < 4.78 is 34.6. The maximum atomic E-state index is 15.0. The van der Waals surface area contributed by atoms with Crippen LogP contribution in [-0.2, 0) is 10.3 Å². The third-order valence-corrected chi connectivity index (χ3v) is 6.61. The zero-order valence-corrected chi connectivity index (χ0v) is 19.4. The van der Waals surface area contributed by atoms with E-state index in [2.05, 4.69) is 5.32 Å². The molecule has 1 N–H and O–H groups in total. The van der Waals surface area contributed by atoms with Crippen molar-refractivity contribution < 1.29 is 23.1 Å². The molecule has 174 valence electrons. The first kappa shape index (κ1) is 23.2. The summed E-state index contributed by atoms with van der Waals surface area (Å²) in [6.07, 6.45) is -0.539. The molecule has 0 saturated carbocycles. The molecule has 0 unspecified atom stereocenters. The van der Waals surface area contributed by atoms with Crippen molar-refractivity contribution in [3.63, 3.8) is 0 Å². The van der Waals surface area contributed by atoms with Gasteiger partial charge in [0.2, 0.25) is 0 Å². The van der Waals surface area contributed by atoms with Crippen LogP contribution >= 0.6 is 11.8 Å². The van der Waals surface area contributed by atoms with E-state index in [4.69, 9.17) is 9.73 Å². The van der Waals surface area contributed by atoms with Crippen LogP contribution in [0.25, 0.3) is 0 Å². The highest BCUT2D eigenvalue weighted by Gasteiger charge is 2.53. The van der Waals surface area contributed by atoms with Crippen LogP contribution in [0.5, 0.6) is 0 Å². The summed E-state index contributed by atoms with van der Waals surface area (Å²) in [4.78, 5) is 31.7. The van der Waals surface area contributed by atoms with Crippen molar-refractivity contribution in [1.29, 1.82) is 0 Å². The molecule has 2 aromatic carbocycles. The Balaban J connectivity index is 1.71. The Morgan fingerprint density at radius 3 is 2.61 bits per heavy atom. The number of fused-ring (bicyclic) bond motifs is 1. The van der Waals surface area contributed by atoms with E-state index in [0.717, 1.165) is 18.2 Å². The predicted octanol–water partition coefficient (Wildman–Crippen LogP) is 4.56. The molecule has 0 bridgehead atoms. The van der Waals surface area contributed by atoms with Gasteiger partial charge < -0.3 is 15.0 Å². The lowest BCUT2D eigenvalue weighted by molar-refractivity contribution is 0.0281. The highest BCUT2D eigenvalue weighted by molar-refractivity contribution is 8.13. The molecular weight excluding hydrogens is 448 g/mol. The zero-order chi connectivity index (χ0) is 23.8. The van der Waals surface area contributed by atoms with Gasteiger partial charge in [-0.3, -0.25) is 4.79 Å². The smallest absolute Gasteiger partial charge is 0.410 e. The molecule has 0 aliphatic carbocycles. The number of rotatable bonds is 2. The number of likely N-dealkylation sites (tertiary alicyclic amines) is 1. The van der Waals surface area contributed by atoms with Crippen LogP contribution < -0.4 is 5.32 Å². The molecule has 2 atom stereocenters. The summed E-state index contributed by atoms with van der Waals surface area (Å²) in [5.41, 5.74) is -1.43. The summed E-state index contributed by atoms with van der Waals surface area (Å²) in [6.45, 7) is 5.59. The number of amides is 2. The van der Waals surface area contributed by atoms with Crippen molar-refractivity contribution in [1.82, 2.24) is 10.2 Å². The average molecular weight is 474 g/mol. The van der Waals surface area contributed by atoms with Gasteiger partial charge in [-0.25, -0.2) is 18.6 Å². The molecule has 1 saturated heterocycles. The Bertz CT molecular complexity index is 1100. The number of amidine groups is 1. The van der Waals surface area contributed by atoms with Gasteiger partial charge in [0.05, 0.1) is 6.54 Å². The quantitative estimate of drug-likeness (QED) is 0.694. The Morgan fingerprint density at radius 1 is 1.18 bits per heavy atom. The van der Waals surface area contributed by atoms with Crippen LogP contribution in [0.4, 0.5) is 13.6 Å². The normalized spacial score (nSPS) is 22.4. The molecule has 2 aliphatic rings. The van der Waals surface area contributed by atoms with E-state index in [1.807, 2.05) is 0 Å². The molecule has 33 heavy (non-hydrogen) atoms. The van der Waals surface area contributed by atoms with Crippen molar-refractivity contribution in [2.24, 2.45) is 10.9 Å². The Morgan fingerprint density at radius 2 is 1.91 bits per heavy atom. The molecule has 6 nitrogen and oxygen atoms in total. The highest BCUT2D eigenvalue weighted by atomic mass is 32.2. The Labute approximate surface area is 195 Å². The van der Waals surface area contributed by atoms with Gasteiger partial charge in [0, 0.05) is 29.3 Å². The van der Waals surface area contributed by atoms with Gasteiger partial charge in [-0.15, -0.1) is 0 Å². The third kappa shape index (κ3) is 4.88. The number of aliphatic imine (C=N–C) groups is 1. The third-order valence-electron chi connectivity index (χ3n) is 5.57. The molecule has 0 radical (unpaired) electrons. The Hall–Kier alpha value is -2.94. The number of carbonyl (C=O) groups is 2. The number of carbonyl (C=O) groups excluding carboxylic acids is 2. The zero-order valence-electron chi connectivity index (χ0n) is 18.6. The average Bonchev–Trinajstić information content (AvgIpc) is 3.15. The minimum Gasteiger partial charge on any atom is -0.444 e. The first-order valence-corrected chi connectivity index (χ1v) is 11.6. The summed E-state index contributed by atoms with van der Waals surface area (Å²) in [5, 5.41) is 3.08. The maximum absolute atomic E-state index is 15.0. The van der Waals surface area contributed by atoms with E-state index in [1.165, 1.54) is 16.7 Å². The number of nitrogens with zero attached hydrogens (tertiary/aromatic N) is 2. The van der Waals surface area contributed by atoms with Crippen LogP contribution in [0.2, 0.25) is 0 Å². The summed E-state index contributed by atoms with van der Waals surface area (Å²) in [6, 6.07) is 11.9. The van der Waals surface area contributed by atoms with Crippen LogP contribution in [-0.4, -0.2) is 46.5 Å². The standard InChI is InChI=1S/C24H25F2N3O3S/c1-23(2,3)32-22(31)29-12-16-13-33-21(27-20(30)15-7-5-4-6-8-15)28-24(16,14-29)18-11-17(25)9-10-19(18)26/h4-11,16H,12-14H2,1-3H3,(H,27,28,30)/t16-,24-/m0/s1. The van der Waals surface area contributed by atoms with Gasteiger partial charge in [0.25, 0.3) is 5.91 Å². The fourth-order valence-electron chi connectivity index (χ4n) is 4.09. The molecule has 9 heteroatoms. The molecule has 4 rings (SSSR count). The second-order valence-electron chi connectivity index (χ2n) is 9.15. The van der Waals surface area contributed by atoms with Gasteiger partial charge in [-0.05, 0) is 51.1 Å². The highest BCUT2D eigenvalue weighted by Crippen LogP contribution is 2.47. The number of hydrogen-bond donors (Lipinski definition) is 1. The van der Waals surface area contributed by atoms with Gasteiger partial charge in [-0.2, -0.15) is 0 Å². The van der Waals surface area contributed by atoms with Gasteiger partial charge in [0.15, 0.2) is 5.17 Å². The largest absolute Gasteiger partial charge is 0.444 e. The summed E-state index contributed by atoms with van der Waals surface area (Å²) in [7, 11) is 0. The lowest BCUT2D eigenvalue weighted by atomic mass is 9.81. The topological polar surface area (TPSA) is 71.0 Å². The number of nitrogens with one attached hydrogen (secondary N) is 1. The molecule has 1 fully saturated rings. The predicted molar refractivity (Wildman–Crippen MR) is 123 cm³/mol. The van der Waals surface area contributed by atoms with Crippen molar-refractivity contribution >= 4 is 28.9 Å². The lowest BCUT2D eigenvalue weighted by Gasteiger charge is -2.35. The van der Waals surface area contributed by atoms with E-state index in [1.54, 1.807) is 51.1 Å². The van der Waals surface area contributed by atoms with Gasteiger partial charge in [-0.1, -0.05) is 30.0 Å². The summed E-state index contributed by atoms with van der Waals surface area (Å²) >= 11 is 1.32. The van der Waals surface area contributed by atoms with E-state index in [0.29, 0.717) is 16.5 Å². The van der Waals surface area contributed by atoms with Crippen molar-refractivity contribution in [2.75, 3.05) is 18.8 Å². The number of benzene rings is 2. The molecule has 2 heterocycles. The van der Waals surface area contributed by atoms with E-state index in [-0.39, 0.29) is 30.5 Å². The molecule has 2 amide bonds. The number of thioether (sulfide) groups is 1. The molecule has 0 aromatic heterocycles. The lowest BCUT2D eigenvalue weighted by Crippen LogP contribution is -2.43. The van der Waals surface area contributed by atoms with Crippen molar-refractivity contribution in [2.45, 2.75) is 31.9 Å². The monoisotopic (exact) mass is 473 g/mol. The van der Waals surface area contributed by atoms with Crippen LogP contribution in [0.1, 0.15) is 36.7 Å². The number of ether oxygens (including phenoxy) is 1. The second-order valence-corrected chi connectivity index (χ2v) is 10.2. The first-order valence-electron chi connectivity index (χ1n) is 10.6. The number of halogens is 2. The maximum Gasteiger partial charge on any atom is 0.410 e. The van der Waals surface area contributed by atoms with Crippen LogP contribution in [0.15, 0.2) is 53.5 Å². The summed E-state index contributed by atoms with van der Waals surface area (Å²) in [5.74, 6) is -1.39. The van der Waals surface area contributed by atoms with Crippen LogP contribution in [0.3, 0.4) is 0 Å². The van der Waals surface area contributed by atoms with E-state index < -0.39 is 28.9 Å². The van der Waals surface area contributed by atoms with E-state index >= 15 is 0 Å². The molecule has 0 spiro atoms. The number of hydrogen-bond acceptors (Lipinski definition) is 5. The van der Waals surface area contributed by atoms with Crippen LogP contribution in [0, 0.1) is 17.6 Å².